The summed E-state index contributed by atoms with van der Waals surface area (Å²) in [5.74, 6) is 0.669. The maximum atomic E-state index is 11.0. The van der Waals surface area contributed by atoms with Gasteiger partial charge in [0.2, 0.25) is 0 Å². The minimum Gasteiger partial charge on any atom is -0.497 e. The van der Waals surface area contributed by atoms with E-state index in [1.54, 1.807) is 19.2 Å². The topological polar surface area (TPSA) is 87.4 Å². The maximum absolute atomic E-state index is 11.0. The van der Waals surface area contributed by atoms with Gasteiger partial charge in [-0.1, -0.05) is 30.3 Å². The average Bonchev–Trinajstić information content (AvgIpc) is 2.77. The standard InChI is InChI=1S/C22H17N3O4/c1-28-18-11-12-20-19(13-18)21(16-7-9-17(10-8-16)25(26)27)24-22(23-20)29-14-15-5-3-2-4-6-15/h2-13H,14H2,1H3. The Morgan fingerprint density at radius 2 is 1.72 bits per heavy atom. The molecule has 7 nitrogen and oxygen atoms in total. The molecule has 3 aromatic carbocycles. The van der Waals surface area contributed by atoms with Crippen molar-refractivity contribution < 1.29 is 14.4 Å². The number of nitro benzene ring substituents is 1. The molecule has 4 aromatic rings. The third kappa shape index (κ3) is 3.98. The molecule has 144 valence electrons. The summed E-state index contributed by atoms with van der Waals surface area (Å²) in [4.78, 5) is 19.6. The van der Waals surface area contributed by atoms with Crippen molar-refractivity contribution in [1.29, 1.82) is 0 Å². The largest absolute Gasteiger partial charge is 0.497 e. The third-order valence-electron chi connectivity index (χ3n) is 4.44. The maximum Gasteiger partial charge on any atom is 0.317 e. The van der Waals surface area contributed by atoms with Crippen LogP contribution < -0.4 is 9.47 Å². The van der Waals surface area contributed by atoms with E-state index in [4.69, 9.17) is 9.47 Å². The molecular formula is C22H17N3O4. The molecule has 0 spiro atoms. The van der Waals surface area contributed by atoms with Crippen molar-refractivity contribution in [1.82, 2.24) is 9.97 Å². The monoisotopic (exact) mass is 387 g/mol. The Morgan fingerprint density at radius 1 is 0.966 bits per heavy atom. The van der Waals surface area contributed by atoms with Gasteiger partial charge in [0.1, 0.15) is 12.4 Å². The number of rotatable bonds is 6. The van der Waals surface area contributed by atoms with Crippen molar-refractivity contribution in [3.63, 3.8) is 0 Å². The van der Waals surface area contributed by atoms with Gasteiger partial charge in [0.05, 0.1) is 23.2 Å². The van der Waals surface area contributed by atoms with Gasteiger partial charge in [-0.15, -0.1) is 0 Å². The summed E-state index contributed by atoms with van der Waals surface area (Å²) in [7, 11) is 1.59. The number of nitro groups is 1. The van der Waals surface area contributed by atoms with Gasteiger partial charge in [0.25, 0.3) is 5.69 Å². The van der Waals surface area contributed by atoms with E-state index in [0.29, 0.717) is 23.6 Å². The van der Waals surface area contributed by atoms with E-state index < -0.39 is 4.92 Å². The first-order valence-electron chi connectivity index (χ1n) is 8.91. The number of methoxy groups -OCH3 is 1. The van der Waals surface area contributed by atoms with Crippen molar-refractivity contribution >= 4 is 16.6 Å². The Morgan fingerprint density at radius 3 is 2.41 bits per heavy atom. The molecule has 0 radical (unpaired) electrons. The van der Waals surface area contributed by atoms with Crippen molar-refractivity contribution in [2.24, 2.45) is 0 Å². The van der Waals surface area contributed by atoms with E-state index in [0.717, 1.165) is 16.5 Å². The summed E-state index contributed by atoms with van der Waals surface area (Å²) in [6, 6.07) is 21.7. The van der Waals surface area contributed by atoms with Gasteiger partial charge < -0.3 is 9.47 Å². The molecule has 0 aliphatic carbocycles. The van der Waals surface area contributed by atoms with Gasteiger partial charge >= 0.3 is 6.01 Å². The molecule has 0 amide bonds. The van der Waals surface area contributed by atoms with Crippen LogP contribution in [0.2, 0.25) is 0 Å². The zero-order valence-corrected chi connectivity index (χ0v) is 15.6. The van der Waals surface area contributed by atoms with Crippen LogP contribution in [0.4, 0.5) is 5.69 Å². The predicted octanol–water partition coefficient (Wildman–Crippen LogP) is 4.79. The minimum atomic E-state index is -0.431. The molecule has 7 heteroatoms. The predicted molar refractivity (Wildman–Crippen MR) is 109 cm³/mol. The molecule has 29 heavy (non-hydrogen) atoms. The number of hydrogen-bond acceptors (Lipinski definition) is 6. The molecule has 0 bridgehead atoms. The van der Waals surface area contributed by atoms with Crippen molar-refractivity contribution in [3.8, 4) is 23.0 Å². The lowest BCUT2D eigenvalue weighted by Crippen LogP contribution is -2.01. The Balaban J connectivity index is 1.77. The molecule has 0 fully saturated rings. The lowest BCUT2D eigenvalue weighted by molar-refractivity contribution is -0.384. The van der Waals surface area contributed by atoms with Gasteiger partial charge in [0.15, 0.2) is 0 Å². The first-order valence-corrected chi connectivity index (χ1v) is 8.91. The highest BCUT2D eigenvalue weighted by Crippen LogP contribution is 2.31. The fourth-order valence-corrected chi connectivity index (χ4v) is 2.96. The second kappa shape index (κ2) is 7.93. The van der Waals surface area contributed by atoms with Gasteiger partial charge in [-0.25, -0.2) is 0 Å². The molecular weight excluding hydrogens is 370 g/mol. The van der Waals surface area contributed by atoms with E-state index in [9.17, 15) is 10.1 Å². The molecule has 0 N–H and O–H groups in total. The summed E-state index contributed by atoms with van der Waals surface area (Å²) in [5, 5.41) is 11.7. The van der Waals surface area contributed by atoms with Gasteiger partial charge in [-0.05, 0) is 35.9 Å². The number of aromatic nitrogens is 2. The Hall–Kier alpha value is -4.00. The highest BCUT2D eigenvalue weighted by atomic mass is 16.6. The molecule has 0 saturated carbocycles. The van der Waals surface area contributed by atoms with Crippen LogP contribution in [-0.2, 0) is 6.61 Å². The third-order valence-corrected chi connectivity index (χ3v) is 4.44. The molecule has 1 heterocycles. The smallest absolute Gasteiger partial charge is 0.317 e. The summed E-state index contributed by atoms with van der Waals surface area (Å²) in [6.07, 6.45) is 0. The van der Waals surface area contributed by atoms with Crippen LogP contribution in [0, 0.1) is 10.1 Å². The Kier molecular flexibility index (Phi) is 5.03. The van der Waals surface area contributed by atoms with E-state index in [2.05, 4.69) is 9.97 Å². The lowest BCUT2D eigenvalue weighted by Gasteiger charge is -2.11. The molecule has 1 aromatic heterocycles. The zero-order chi connectivity index (χ0) is 20.2. The van der Waals surface area contributed by atoms with Crippen LogP contribution in [0.25, 0.3) is 22.2 Å². The minimum absolute atomic E-state index is 0.0187. The van der Waals surface area contributed by atoms with E-state index in [-0.39, 0.29) is 11.7 Å². The average molecular weight is 387 g/mol. The number of benzene rings is 3. The molecule has 0 aliphatic heterocycles. The fourth-order valence-electron chi connectivity index (χ4n) is 2.96. The van der Waals surface area contributed by atoms with Crippen LogP contribution in [0.1, 0.15) is 5.56 Å². The van der Waals surface area contributed by atoms with Crippen LogP contribution in [0.5, 0.6) is 11.8 Å². The first kappa shape index (κ1) is 18.4. The van der Waals surface area contributed by atoms with Crippen LogP contribution in [-0.4, -0.2) is 22.0 Å². The number of nitrogens with zero attached hydrogens (tertiary/aromatic N) is 3. The fraction of sp³-hybridized carbons (Fsp3) is 0.0909. The first-order chi connectivity index (χ1) is 14.1. The summed E-state index contributed by atoms with van der Waals surface area (Å²) < 4.78 is 11.1. The Bertz CT molecular complexity index is 1160. The number of fused-ring (bicyclic) bond motifs is 1. The molecule has 4 rings (SSSR count). The molecule has 0 saturated heterocycles. The van der Waals surface area contributed by atoms with Crippen molar-refractivity contribution in [2.75, 3.05) is 7.11 Å². The number of ether oxygens (including phenoxy) is 2. The quantitative estimate of drug-likeness (QED) is 0.349. The van der Waals surface area contributed by atoms with Crippen molar-refractivity contribution in [3.05, 3.63) is 88.5 Å². The van der Waals surface area contributed by atoms with E-state index in [1.165, 1.54) is 12.1 Å². The zero-order valence-electron chi connectivity index (χ0n) is 15.6. The highest BCUT2D eigenvalue weighted by Gasteiger charge is 2.14. The number of non-ortho nitro benzene ring substituents is 1. The highest BCUT2D eigenvalue weighted by molar-refractivity contribution is 5.93. The molecule has 0 unspecified atom stereocenters. The van der Waals surface area contributed by atoms with Crippen LogP contribution in [0.15, 0.2) is 72.8 Å². The van der Waals surface area contributed by atoms with E-state index in [1.807, 2.05) is 48.5 Å². The lowest BCUT2D eigenvalue weighted by atomic mass is 10.1. The van der Waals surface area contributed by atoms with Crippen LogP contribution >= 0.6 is 0 Å². The summed E-state index contributed by atoms with van der Waals surface area (Å²) >= 11 is 0. The van der Waals surface area contributed by atoms with Crippen LogP contribution in [0.3, 0.4) is 0 Å². The Labute approximate surface area is 166 Å². The second-order valence-electron chi connectivity index (χ2n) is 6.32. The summed E-state index contributed by atoms with van der Waals surface area (Å²) in [6.45, 7) is 0.336. The molecule has 0 aliphatic rings. The summed E-state index contributed by atoms with van der Waals surface area (Å²) in [5.41, 5.74) is 3.05. The SMILES string of the molecule is COc1ccc2nc(OCc3ccccc3)nc(-c3ccc([N+](=O)[O-])cc3)c2c1. The molecule has 0 atom stereocenters. The normalized spacial score (nSPS) is 10.7. The van der Waals surface area contributed by atoms with Gasteiger partial charge in [-0.2, -0.15) is 9.97 Å². The van der Waals surface area contributed by atoms with Crippen molar-refractivity contribution in [2.45, 2.75) is 6.61 Å². The van der Waals surface area contributed by atoms with Gasteiger partial charge in [0, 0.05) is 23.1 Å². The second-order valence-corrected chi connectivity index (χ2v) is 6.32. The van der Waals surface area contributed by atoms with Gasteiger partial charge in [-0.3, -0.25) is 10.1 Å². The number of hydrogen-bond donors (Lipinski definition) is 0. The van der Waals surface area contributed by atoms with E-state index >= 15 is 0 Å².